The minimum atomic E-state index is -0.170. The average molecular weight is 358 g/mol. The molecule has 0 spiro atoms. The molecule has 0 aliphatic heterocycles. The lowest BCUT2D eigenvalue weighted by atomic mass is 10.1. The Hall–Kier alpha value is -3.67. The van der Waals surface area contributed by atoms with Gasteiger partial charge in [0.15, 0.2) is 11.2 Å². The van der Waals surface area contributed by atoms with Crippen LogP contribution in [-0.2, 0) is 0 Å². The van der Waals surface area contributed by atoms with Crippen LogP contribution in [0.5, 0.6) is 0 Å². The van der Waals surface area contributed by atoms with Gasteiger partial charge in [-0.1, -0.05) is 6.07 Å². The van der Waals surface area contributed by atoms with E-state index < -0.39 is 0 Å². The van der Waals surface area contributed by atoms with Gasteiger partial charge in [-0.15, -0.1) is 0 Å². The fraction of sp³-hybridized carbons (Fsp3) is 0.0952. The van der Waals surface area contributed by atoms with E-state index >= 15 is 0 Å². The third kappa shape index (κ3) is 3.50. The summed E-state index contributed by atoms with van der Waals surface area (Å²) < 4.78 is 5.74. The molecule has 6 heteroatoms. The lowest BCUT2D eigenvalue weighted by Crippen LogP contribution is -2.13. The molecule has 0 atom stereocenters. The second-order valence-electron chi connectivity index (χ2n) is 6.32. The van der Waals surface area contributed by atoms with Crippen LogP contribution in [0.1, 0.15) is 10.4 Å². The van der Waals surface area contributed by atoms with Gasteiger partial charge in [-0.25, -0.2) is 4.98 Å². The van der Waals surface area contributed by atoms with Gasteiger partial charge in [0, 0.05) is 42.8 Å². The first-order valence-electron chi connectivity index (χ1n) is 8.51. The number of hydrogen-bond acceptors (Lipinski definition) is 5. The van der Waals surface area contributed by atoms with Gasteiger partial charge in [-0.05, 0) is 54.6 Å². The number of oxazole rings is 1. The number of fused-ring (bicyclic) bond motifs is 1. The molecular formula is C21H18N4O2. The average Bonchev–Trinajstić information content (AvgIpc) is 3.12. The fourth-order valence-electron chi connectivity index (χ4n) is 2.74. The molecule has 27 heavy (non-hydrogen) atoms. The predicted molar refractivity (Wildman–Crippen MR) is 106 cm³/mol. The Morgan fingerprint density at radius 1 is 1.04 bits per heavy atom. The minimum Gasteiger partial charge on any atom is -0.434 e. The molecule has 1 amide bonds. The molecule has 2 aromatic carbocycles. The summed E-state index contributed by atoms with van der Waals surface area (Å²) in [5.74, 6) is 0.298. The molecule has 0 saturated heterocycles. The zero-order valence-electron chi connectivity index (χ0n) is 15.0. The van der Waals surface area contributed by atoms with Crippen molar-refractivity contribution in [1.82, 2.24) is 9.97 Å². The van der Waals surface area contributed by atoms with E-state index in [9.17, 15) is 4.79 Å². The zero-order valence-corrected chi connectivity index (χ0v) is 15.0. The molecule has 0 radical (unpaired) electrons. The molecule has 0 aliphatic rings. The van der Waals surface area contributed by atoms with Crippen LogP contribution in [0.25, 0.3) is 22.7 Å². The number of rotatable bonds is 4. The first-order chi connectivity index (χ1) is 13.1. The number of anilines is 2. The number of carbonyl (C=O) groups is 1. The fourth-order valence-corrected chi connectivity index (χ4v) is 2.74. The monoisotopic (exact) mass is 358 g/mol. The first kappa shape index (κ1) is 16.8. The number of nitrogens with one attached hydrogen (secondary N) is 1. The molecule has 0 fully saturated rings. The van der Waals surface area contributed by atoms with Crippen LogP contribution in [0, 0.1) is 0 Å². The van der Waals surface area contributed by atoms with Crippen molar-refractivity contribution in [1.29, 1.82) is 0 Å². The van der Waals surface area contributed by atoms with E-state index in [-0.39, 0.29) is 5.91 Å². The zero-order chi connectivity index (χ0) is 18.8. The highest BCUT2D eigenvalue weighted by molar-refractivity contribution is 6.04. The maximum Gasteiger partial charge on any atom is 0.255 e. The molecule has 0 unspecified atom stereocenters. The quantitative estimate of drug-likeness (QED) is 0.592. The van der Waals surface area contributed by atoms with Crippen LogP contribution < -0.4 is 10.2 Å². The Morgan fingerprint density at radius 3 is 2.59 bits per heavy atom. The summed E-state index contributed by atoms with van der Waals surface area (Å²) in [5.41, 5.74) is 4.26. The van der Waals surface area contributed by atoms with Gasteiger partial charge in [0.2, 0.25) is 5.89 Å². The largest absolute Gasteiger partial charge is 0.434 e. The van der Waals surface area contributed by atoms with Crippen molar-refractivity contribution in [3.8, 4) is 11.5 Å². The SMILES string of the molecule is CN(C)c1ccc(C(=O)Nc2cccc(-c3nc4ncccc4o3)c2)cc1. The summed E-state index contributed by atoms with van der Waals surface area (Å²) in [6.07, 6.45) is 1.67. The molecular weight excluding hydrogens is 340 g/mol. The van der Waals surface area contributed by atoms with Crippen molar-refractivity contribution in [3.05, 3.63) is 72.4 Å². The van der Waals surface area contributed by atoms with E-state index in [1.165, 1.54) is 0 Å². The van der Waals surface area contributed by atoms with E-state index in [1.54, 1.807) is 24.4 Å². The maximum absolute atomic E-state index is 12.5. The number of aromatic nitrogens is 2. The highest BCUT2D eigenvalue weighted by Crippen LogP contribution is 2.25. The normalized spacial score (nSPS) is 10.7. The van der Waals surface area contributed by atoms with E-state index in [2.05, 4.69) is 15.3 Å². The molecule has 1 N–H and O–H groups in total. The van der Waals surface area contributed by atoms with E-state index in [4.69, 9.17) is 4.42 Å². The Labute approximate surface area is 156 Å². The second kappa shape index (κ2) is 6.92. The Morgan fingerprint density at radius 2 is 1.85 bits per heavy atom. The highest BCUT2D eigenvalue weighted by Gasteiger charge is 2.11. The summed E-state index contributed by atoms with van der Waals surface area (Å²) in [7, 11) is 3.92. The molecule has 4 aromatic rings. The van der Waals surface area contributed by atoms with E-state index in [0.29, 0.717) is 28.4 Å². The molecule has 0 saturated carbocycles. The predicted octanol–water partition coefficient (Wildman–Crippen LogP) is 4.21. The minimum absolute atomic E-state index is 0.170. The number of carbonyl (C=O) groups excluding carboxylic acids is 1. The standard InChI is InChI=1S/C21H18N4O2/c1-25(2)17-10-8-14(9-11-17)20(26)23-16-6-3-5-15(13-16)21-24-19-18(27-21)7-4-12-22-19/h3-13H,1-2H3,(H,23,26). The molecule has 6 nitrogen and oxygen atoms in total. The van der Waals surface area contributed by atoms with Crippen molar-refractivity contribution in [2.24, 2.45) is 0 Å². The van der Waals surface area contributed by atoms with Crippen molar-refractivity contribution in [2.75, 3.05) is 24.3 Å². The second-order valence-corrected chi connectivity index (χ2v) is 6.32. The third-order valence-electron chi connectivity index (χ3n) is 4.18. The highest BCUT2D eigenvalue weighted by atomic mass is 16.3. The Bertz CT molecular complexity index is 1070. The van der Waals surface area contributed by atoms with Crippen LogP contribution in [0.4, 0.5) is 11.4 Å². The summed E-state index contributed by atoms with van der Waals surface area (Å²) in [4.78, 5) is 23.1. The lowest BCUT2D eigenvalue weighted by Gasteiger charge is -2.12. The first-order valence-corrected chi connectivity index (χ1v) is 8.51. The number of hydrogen-bond donors (Lipinski definition) is 1. The summed E-state index contributed by atoms with van der Waals surface area (Å²) in [6, 6.07) is 18.5. The summed E-state index contributed by atoms with van der Waals surface area (Å²) in [5, 5.41) is 2.91. The van der Waals surface area contributed by atoms with Crippen LogP contribution in [0.15, 0.2) is 71.3 Å². The topological polar surface area (TPSA) is 71.3 Å². The van der Waals surface area contributed by atoms with Gasteiger partial charge >= 0.3 is 0 Å². The smallest absolute Gasteiger partial charge is 0.255 e. The van der Waals surface area contributed by atoms with Crippen molar-refractivity contribution in [3.63, 3.8) is 0 Å². The van der Waals surface area contributed by atoms with Crippen LogP contribution in [-0.4, -0.2) is 30.0 Å². The molecule has 134 valence electrons. The van der Waals surface area contributed by atoms with Crippen LogP contribution >= 0.6 is 0 Å². The van der Waals surface area contributed by atoms with Gasteiger partial charge in [0.1, 0.15) is 0 Å². The molecule has 0 aliphatic carbocycles. The Balaban J connectivity index is 1.56. The Kier molecular flexibility index (Phi) is 4.30. The van der Waals surface area contributed by atoms with Crippen molar-refractivity contribution >= 4 is 28.5 Å². The van der Waals surface area contributed by atoms with Gasteiger partial charge in [0.05, 0.1) is 0 Å². The van der Waals surface area contributed by atoms with Gasteiger partial charge in [-0.2, -0.15) is 4.98 Å². The molecule has 0 bridgehead atoms. The molecule has 2 aromatic heterocycles. The third-order valence-corrected chi connectivity index (χ3v) is 4.18. The molecule has 2 heterocycles. The lowest BCUT2D eigenvalue weighted by molar-refractivity contribution is 0.102. The van der Waals surface area contributed by atoms with Crippen molar-refractivity contribution < 1.29 is 9.21 Å². The summed E-state index contributed by atoms with van der Waals surface area (Å²) in [6.45, 7) is 0. The van der Waals surface area contributed by atoms with Crippen LogP contribution in [0.2, 0.25) is 0 Å². The van der Waals surface area contributed by atoms with E-state index in [0.717, 1.165) is 11.3 Å². The van der Waals surface area contributed by atoms with Crippen LogP contribution in [0.3, 0.4) is 0 Å². The van der Waals surface area contributed by atoms with Gasteiger partial charge in [0.25, 0.3) is 5.91 Å². The number of pyridine rings is 1. The molecule has 4 rings (SSSR count). The summed E-state index contributed by atoms with van der Waals surface area (Å²) >= 11 is 0. The van der Waals surface area contributed by atoms with Crippen molar-refractivity contribution in [2.45, 2.75) is 0 Å². The van der Waals surface area contributed by atoms with Gasteiger partial charge in [-0.3, -0.25) is 4.79 Å². The number of nitrogens with zero attached hydrogens (tertiary/aromatic N) is 3. The number of amides is 1. The number of benzene rings is 2. The van der Waals surface area contributed by atoms with Gasteiger partial charge < -0.3 is 14.6 Å². The van der Waals surface area contributed by atoms with E-state index in [1.807, 2.05) is 61.5 Å². The maximum atomic E-state index is 12.5.